The molecule has 0 amide bonds. The molecule has 0 unspecified atom stereocenters. The first kappa shape index (κ1) is 15.8. The SMILES string of the molecule is Cc1cccc(CNc2cc(N3CCCCCC3)nc(C)n2)c1. The van der Waals surface area contributed by atoms with Gasteiger partial charge in [-0.3, -0.25) is 0 Å². The Morgan fingerprint density at radius 1 is 1.00 bits per heavy atom. The fourth-order valence-corrected chi connectivity index (χ4v) is 3.12. The Kier molecular flexibility index (Phi) is 5.11. The Balaban J connectivity index is 1.72. The molecule has 1 fully saturated rings. The number of nitrogens with zero attached hydrogens (tertiary/aromatic N) is 3. The van der Waals surface area contributed by atoms with Gasteiger partial charge in [0.2, 0.25) is 0 Å². The van der Waals surface area contributed by atoms with E-state index in [4.69, 9.17) is 0 Å². The molecule has 0 saturated carbocycles. The zero-order chi connectivity index (χ0) is 16.1. The standard InChI is InChI=1S/C19H26N4/c1-15-8-7-9-17(12-15)14-20-18-13-19(22-16(2)21-18)23-10-5-3-4-6-11-23/h7-9,12-13H,3-6,10-11,14H2,1-2H3,(H,20,21,22). The third-order valence-corrected chi connectivity index (χ3v) is 4.31. The minimum atomic E-state index is 0.789. The molecule has 4 nitrogen and oxygen atoms in total. The summed E-state index contributed by atoms with van der Waals surface area (Å²) in [4.78, 5) is 11.6. The van der Waals surface area contributed by atoms with Gasteiger partial charge in [-0.2, -0.15) is 0 Å². The van der Waals surface area contributed by atoms with Crippen molar-refractivity contribution in [3.63, 3.8) is 0 Å². The maximum absolute atomic E-state index is 4.64. The molecule has 0 atom stereocenters. The van der Waals surface area contributed by atoms with Crippen molar-refractivity contribution in [2.24, 2.45) is 0 Å². The van der Waals surface area contributed by atoms with E-state index in [0.717, 1.165) is 37.1 Å². The van der Waals surface area contributed by atoms with E-state index >= 15 is 0 Å². The van der Waals surface area contributed by atoms with Gasteiger partial charge in [-0.15, -0.1) is 0 Å². The van der Waals surface area contributed by atoms with E-state index in [9.17, 15) is 0 Å². The molecule has 2 heterocycles. The summed E-state index contributed by atoms with van der Waals surface area (Å²) in [5.74, 6) is 2.81. The molecule has 1 aliphatic rings. The van der Waals surface area contributed by atoms with Crippen molar-refractivity contribution in [3.8, 4) is 0 Å². The number of anilines is 2. The highest BCUT2D eigenvalue weighted by Gasteiger charge is 2.12. The third kappa shape index (κ3) is 4.44. The summed E-state index contributed by atoms with van der Waals surface area (Å²) >= 11 is 0. The van der Waals surface area contributed by atoms with Crippen LogP contribution in [-0.4, -0.2) is 23.1 Å². The van der Waals surface area contributed by atoms with Crippen molar-refractivity contribution >= 4 is 11.6 Å². The Hall–Kier alpha value is -2.10. The van der Waals surface area contributed by atoms with Crippen LogP contribution in [-0.2, 0) is 6.54 Å². The highest BCUT2D eigenvalue weighted by atomic mass is 15.2. The summed E-state index contributed by atoms with van der Waals surface area (Å²) < 4.78 is 0. The van der Waals surface area contributed by atoms with Crippen molar-refractivity contribution in [1.29, 1.82) is 0 Å². The second kappa shape index (κ2) is 7.44. The topological polar surface area (TPSA) is 41.0 Å². The molecule has 1 aromatic heterocycles. The third-order valence-electron chi connectivity index (χ3n) is 4.31. The van der Waals surface area contributed by atoms with Crippen molar-refractivity contribution in [1.82, 2.24) is 9.97 Å². The molecule has 0 spiro atoms. The van der Waals surface area contributed by atoms with Gasteiger partial charge in [-0.05, 0) is 32.3 Å². The molecule has 3 rings (SSSR count). The summed E-state index contributed by atoms with van der Waals surface area (Å²) in [6.45, 7) is 7.09. The van der Waals surface area contributed by atoms with Crippen LogP contribution in [0.15, 0.2) is 30.3 Å². The molecule has 23 heavy (non-hydrogen) atoms. The quantitative estimate of drug-likeness (QED) is 0.923. The first-order chi connectivity index (χ1) is 11.2. The van der Waals surface area contributed by atoms with Gasteiger partial charge in [-0.1, -0.05) is 42.7 Å². The van der Waals surface area contributed by atoms with Gasteiger partial charge in [0.05, 0.1) is 0 Å². The van der Waals surface area contributed by atoms with Crippen LogP contribution in [0.25, 0.3) is 0 Å². The fourth-order valence-electron chi connectivity index (χ4n) is 3.12. The van der Waals surface area contributed by atoms with Crippen molar-refractivity contribution in [3.05, 3.63) is 47.3 Å². The predicted octanol–water partition coefficient (Wildman–Crippen LogP) is 4.09. The highest BCUT2D eigenvalue weighted by molar-refractivity contribution is 5.49. The van der Waals surface area contributed by atoms with E-state index in [1.54, 1.807) is 0 Å². The molecule has 2 aromatic rings. The monoisotopic (exact) mass is 310 g/mol. The van der Waals surface area contributed by atoms with Crippen molar-refractivity contribution in [2.45, 2.75) is 46.1 Å². The van der Waals surface area contributed by atoms with Crippen LogP contribution in [0.4, 0.5) is 11.6 Å². The number of nitrogens with one attached hydrogen (secondary N) is 1. The van der Waals surface area contributed by atoms with Crippen molar-refractivity contribution < 1.29 is 0 Å². The second-order valence-electron chi connectivity index (χ2n) is 6.40. The van der Waals surface area contributed by atoms with Crippen LogP contribution in [0.5, 0.6) is 0 Å². The van der Waals surface area contributed by atoms with Crippen LogP contribution in [0.1, 0.15) is 42.6 Å². The van der Waals surface area contributed by atoms with Crippen LogP contribution < -0.4 is 10.2 Å². The zero-order valence-electron chi connectivity index (χ0n) is 14.2. The van der Waals surface area contributed by atoms with E-state index in [-0.39, 0.29) is 0 Å². The van der Waals surface area contributed by atoms with Crippen LogP contribution in [0.2, 0.25) is 0 Å². The first-order valence-corrected chi connectivity index (χ1v) is 8.61. The van der Waals surface area contributed by atoms with Crippen LogP contribution in [0, 0.1) is 13.8 Å². The fraction of sp³-hybridized carbons (Fsp3) is 0.474. The molecule has 4 heteroatoms. The minimum Gasteiger partial charge on any atom is -0.366 e. The normalized spacial score (nSPS) is 15.3. The molecule has 0 aliphatic carbocycles. The van der Waals surface area contributed by atoms with Crippen molar-refractivity contribution in [2.75, 3.05) is 23.3 Å². The van der Waals surface area contributed by atoms with Crippen LogP contribution >= 0.6 is 0 Å². The Morgan fingerprint density at radius 3 is 2.52 bits per heavy atom. The summed E-state index contributed by atoms with van der Waals surface area (Å²) in [6, 6.07) is 10.7. The van der Waals surface area contributed by atoms with Gasteiger partial charge in [0.25, 0.3) is 0 Å². The number of aromatic nitrogens is 2. The van der Waals surface area contributed by atoms with E-state index < -0.39 is 0 Å². The molecule has 0 bridgehead atoms. The lowest BCUT2D eigenvalue weighted by Gasteiger charge is -2.22. The maximum Gasteiger partial charge on any atom is 0.134 e. The highest BCUT2D eigenvalue weighted by Crippen LogP contribution is 2.20. The molecule has 0 radical (unpaired) electrons. The second-order valence-corrected chi connectivity index (χ2v) is 6.40. The van der Waals surface area contributed by atoms with E-state index in [1.807, 2.05) is 6.92 Å². The van der Waals surface area contributed by atoms with Gasteiger partial charge in [0, 0.05) is 25.7 Å². The number of hydrogen-bond donors (Lipinski definition) is 1. The zero-order valence-corrected chi connectivity index (χ0v) is 14.2. The lowest BCUT2D eigenvalue weighted by atomic mass is 10.1. The van der Waals surface area contributed by atoms with Gasteiger partial charge >= 0.3 is 0 Å². The van der Waals surface area contributed by atoms with E-state index in [1.165, 1.54) is 36.8 Å². The molecule has 1 saturated heterocycles. The van der Waals surface area contributed by atoms with Gasteiger partial charge < -0.3 is 10.2 Å². The lowest BCUT2D eigenvalue weighted by Crippen LogP contribution is -2.25. The summed E-state index contributed by atoms with van der Waals surface area (Å²) in [6.07, 6.45) is 5.18. The lowest BCUT2D eigenvalue weighted by molar-refractivity contribution is 0.726. The number of rotatable bonds is 4. The predicted molar refractivity (Wildman–Crippen MR) is 96.0 cm³/mol. The average molecular weight is 310 g/mol. The molecule has 1 N–H and O–H groups in total. The number of aryl methyl sites for hydroxylation is 2. The summed E-state index contributed by atoms with van der Waals surface area (Å²) in [5, 5.41) is 3.45. The summed E-state index contributed by atoms with van der Waals surface area (Å²) in [5.41, 5.74) is 2.56. The van der Waals surface area contributed by atoms with Gasteiger partial charge in [0.1, 0.15) is 17.5 Å². The molecule has 122 valence electrons. The first-order valence-electron chi connectivity index (χ1n) is 8.61. The molecule has 1 aliphatic heterocycles. The molecule has 1 aromatic carbocycles. The number of hydrogen-bond acceptors (Lipinski definition) is 4. The minimum absolute atomic E-state index is 0.789. The smallest absolute Gasteiger partial charge is 0.134 e. The molecular formula is C19H26N4. The Morgan fingerprint density at radius 2 is 1.78 bits per heavy atom. The molecular weight excluding hydrogens is 284 g/mol. The van der Waals surface area contributed by atoms with Gasteiger partial charge in [0.15, 0.2) is 0 Å². The largest absolute Gasteiger partial charge is 0.366 e. The van der Waals surface area contributed by atoms with Crippen LogP contribution in [0.3, 0.4) is 0 Å². The summed E-state index contributed by atoms with van der Waals surface area (Å²) in [7, 11) is 0. The Bertz CT molecular complexity index is 646. The average Bonchev–Trinajstić information content (AvgIpc) is 2.82. The number of benzene rings is 1. The van der Waals surface area contributed by atoms with E-state index in [0.29, 0.717) is 0 Å². The maximum atomic E-state index is 4.64. The Labute approximate surface area is 139 Å². The van der Waals surface area contributed by atoms with Gasteiger partial charge in [-0.25, -0.2) is 9.97 Å². The van der Waals surface area contributed by atoms with E-state index in [2.05, 4.69) is 57.4 Å².